The Hall–Kier alpha value is -1.59. The van der Waals surface area contributed by atoms with Gasteiger partial charge in [0, 0.05) is 18.7 Å². The molecule has 164 valence electrons. The second-order valence-electron chi connectivity index (χ2n) is 9.37. The van der Waals surface area contributed by atoms with Crippen molar-refractivity contribution in [3.05, 3.63) is 35.4 Å². The van der Waals surface area contributed by atoms with Crippen molar-refractivity contribution in [1.29, 1.82) is 0 Å². The van der Waals surface area contributed by atoms with Gasteiger partial charge in [-0.1, -0.05) is 46.8 Å². The number of nitrogens with one attached hydrogen (secondary N) is 2. The van der Waals surface area contributed by atoms with Gasteiger partial charge < -0.3 is 15.5 Å². The van der Waals surface area contributed by atoms with Gasteiger partial charge in [0.2, 0.25) is 5.91 Å². The third-order valence-electron chi connectivity index (χ3n) is 5.56. The molecule has 2 amide bonds. The highest BCUT2D eigenvalue weighted by atomic mass is 35.5. The van der Waals surface area contributed by atoms with Gasteiger partial charge in [0.15, 0.2) is 0 Å². The number of hydrogen-bond acceptors (Lipinski definition) is 3. The number of halogens is 1. The molecule has 2 N–H and O–H groups in total. The maximum Gasteiger partial charge on any atom is 0.251 e. The van der Waals surface area contributed by atoms with Gasteiger partial charge >= 0.3 is 0 Å². The lowest BCUT2D eigenvalue weighted by atomic mass is 9.86. The fraction of sp³-hybridized carbons (Fsp3) is 0.652. The maximum atomic E-state index is 13.1. The summed E-state index contributed by atoms with van der Waals surface area (Å²) in [4.78, 5) is 27.8. The predicted octanol–water partition coefficient (Wildman–Crippen LogP) is 3.62. The first kappa shape index (κ1) is 25.4. The predicted molar refractivity (Wildman–Crippen MR) is 122 cm³/mol. The largest absolute Gasteiger partial charge is 0.341 e. The number of piperidine rings is 1. The number of nitrogens with zero attached hydrogens (tertiary/aromatic N) is 1. The van der Waals surface area contributed by atoms with Crippen LogP contribution in [0.2, 0.25) is 0 Å². The summed E-state index contributed by atoms with van der Waals surface area (Å²) in [6, 6.07) is 7.19. The summed E-state index contributed by atoms with van der Waals surface area (Å²) in [6.45, 7) is 12.9. The second kappa shape index (κ2) is 11.0. The van der Waals surface area contributed by atoms with Crippen molar-refractivity contribution in [1.82, 2.24) is 15.5 Å². The summed E-state index contributed by atoms with van der Waals surface area (Å²) < 4.78 is 0. The SMILES string of the molecule is CNCC1CCCN(C(=O)C(NC(=O)c2ccc(C(C)(C)C)cc2)C(C)C)C1.Cl. The smallest absolute Gasteiger partial charge is 0.251 e. The third kappa shape index (κ3) is 7.00. The minimum absolute atomic E-state index is 0. The molecule has 1 aliphatic rings. The zero-order chi connectivity index (χ0) is 20.9. The summed E-state index contributed by atoms with van der Waals surface area (Å²) in [5.41, 5.74) is 1.83. The van der Waals surface area contributed by atoms with Crippen LogP contribution in [0.5, 0.6) is 0 Å². The molecular formula is C23H38ClN3O2. The fourth-order valence-electron chi connectivity index (χ4n) is 3.78. The Bertz CT molecular complexity index is 666. The highest BCUT2D eigenvalue weighted by molar-refractivity contribution is 5.97. The lowest BCUT2D eigenvalue weighted by Gasteiger charge is -2.36. The Kier molecular flexibility index (Phi) is 9.63. The molecule has 1 heterocycles. The Morgan fingerprint density at radius 2 is 1.79 bits per heavy atom. The van der Waals surface area contributed by atoms with Gasteiger partial charge in [-0.3, -0.25) is 9.59 Å². The Balaban J connectivity index is 0.00000420. The van der Waals surface area contributed by atoms with Crippen LogP contribution in [0.3, 0.4) is 0 Å². The summed E-state index contributed by atoms with van der Waals surface area (Å²) in [5, 5.41) is 6.20. The van der Waals surface area contributed by atoms with Gasteiger partial charge in [0.05, 0.1) is 0 Å². The van der Waals surface area contributed by atoms with Gasteiger partial charge in [-0.2, -0.15) is 0 Å². The van der Waals surface area contributed by atoms with Gasteiger partial charge in [-0.25, -0.2) is 0 Å². The van der Waals surface area contributed by atoms with Crippen molar-refractivity contribution in [2.75, 3.05) is 26.7 Å². The summed E-state index contributed by atoms with van der Waals surface area (Å²) in [5.74, 6) is 0.373. The average Bonchev–Trinajstić information content (AvgIpc) is 2.65. The molecule has 1 aromatic carbocycles. The molecule has 0 saturated carbocycles. The molecule has 1 saturated heterocycles. The van der Waals surface area contributed by atoms with E-state index in [1.807, 2.05) is 50.1 Å². The van der Waals surface area contributed by atoms with Crippen molar-refractivity contribution < 1.29 is 9.59 Å². The number of carbonyl (C=O) groups excluding carboxylic acids is 2. The van der Waals surface area contributed by atoms with Crippen LogP contribution in [0.1, 0.15) is 63.4 Å². The van der Waals surface area contributed by atoms with Crippen LogP contribution in [-0.2, 0) is 10.2 Å². The number of benzene rings is 1. The molecular weight excluding hydrogens is 386 g/mol. The number of amides is 2. The Labute approximate surface area is 182 Å². The lowest BCUT2D eigenvalue weighted by Crippen LogP contribution is -2.54. The van der Waals surface area contributed by atoms with E-state index in [4.69, 9.17) is 0 Å². The average molecular weight is 424 g/mol. The quantitative estimate of drug-likeness (QED) is 0.734. The van der Waals surface area contributed by atoms with Crippen LogP contribution in [0.4, 0.5) is 0 Å². The number of carbonyl (C=O) groups is 2. The lowest BCUT2D eigenvalue weighted by molar-refractivity contribution is -0.136. The van der Waals surface area contributed by atoms with E-state index in [1.165, 1.54) is 5.56 Å². The zero-order valence-corrected chi connectivity index (χ0v) is 19.6. The van der Waals surface area contributed by atoms with E-state index < -0.39 is 6.04 Å². The van der Waals surface area contributed by atoms with Crippen molar-refractivity contribution >= 4 is 24.2 Å². The van der Waals surface area contributed by atoms with E-state index in [0.29, 0.717) is 11.5 Å². The number of hydrogen-bond donors (Lipinski definition) is 2. The molecule has 1 aromatic rings. The van der Waals surface area contributed by atoms with Crippen LogP contribution in [0.25, 0.3) is 0 Å². The summed E-state index contributed by atoms with van der Waals surface area (Å²) >= 11 is 0. The summed E-state index contributed by atoms with van der Waals surface area (Å²) in [6.07, 6.45) is 2.16. The van der Waals surface area contributed by atoms with E-state index in [-0.39, 0.29) is 35.6 Å². The van der Waals surface area contributed by atoms with E-state index in [0.717, 1.165) is 32.5 Å². The minimum Gasteiger partial charge on any atom is -0.341 e. The molecule has 2 unspecified atom stereocenters. The molecule has 2 atom stereocenters. The molecule has 0 aliphatic carbocycles. The van der Waals surface area contributed by atoms with Crippen molar-refractivity contribution in [3.8, 4) is 0 Å². The topological polar surface area (TPSA) is 61.4 Å². The molecule has 1 aliphatic heterocycles. The first-order valence-corrected chi connectivity index (χ1v) is 10.5. The highest BCUT2D eigenvalue weighted by Gasteiger charge is 2.31. The van der Waals surface area contributed by atoms with Crippen molar-refractivity contribution in [2.24, 2.45) is 11.8 Å². The highest BCUT2D eigenvalue weighted by Crippen LogP contribution is 2.22. The molecule has 29 heavy (non-hydrogen) atoms. The molecule has 0 bridgehead atoms. The number of likely N-dealkylation sites (tertiary alicyclic amines) is 1. The van der Waals surface area contributed by atoms with E-state index >= 15 is 0 Å². The molecule has 0 spiro atoms. The molecule has 6 heteroatoms. The number of rotatable bonds is 6. The van der Waals surface area contributed by atoms with Gasteiger partial charge in [0.1, 0.15) is 6.04 Å². The molecule has 5 nitrogen and oxygen atoms in total. The van der Waals surface area contributed by atoms with Crippen LogP contribution in [0, 0.1) is 11.8 Å². The van der Waals surface area contributed by atoms with Crippen molar-refractivity contribution in [2.45, 2.75) is 58.9 Å². The van der Waals surface area contributed by atoms with E-state index in [1.54, 1.807) is 0 Å². The van der Waals surface area contributed by atoms with E-state index in [2.05, 4.69) is 31.4 Å². The normalized spacial score (nSPS) is 18.2. The zero-order valence-electron chi connectivity index (χ0n) is 18.7. The Morgan fingerprint density at radius 1 is 1.17 bits per heavy atom. The molecule has 0 aromatic heterocycles. The molecule has 0 radical (unpaired) electrons. The van der Waals surface area contributed by atoms with Crippen LogP contribution < -0.4 is 10.6 Å². The monoisotopic (exact) mass is 423 g/mol. The maximum absolute atomic E-state index is 13.1. The van der Waals surface area contributed by atoms with Gasteiger partial charge in [-0.15, -0.1) is 12.4 Å². The van der Waals surface area contributed by atoms with E-state index in [9.17, 15) is 9.59 Å². The second-order valence-corrected chi connectivity index (χ2v) is 9.37. The van der Waals surface area contributed by atoms with Gasteiger partial charge in [0.25, 0.3) is 5.91 Å². The first-order chi connectivity index (χ1) is 13.1. The summed E-state index contributed by atoms with van der Waals surface area (Å²) in [7, 11) is 1.95. The van der Waals surface area contributed by atoms with Crippen LogP contribution in [-0.4, -0.2) is 49.4 Å². The van der Waals surface area contributed by atoms with Crippen LogP contribution in [0.15, 0.2) is 24.3 Å². The first-order valence-electron chi connectivity index (χ1n) is 10.5. The minimum atomic E-state index is -0.497. The van der Waals surface area contributed by atoms with Crippen molar-refractivity contribution in [3.63, 3.8) is 0 Å². The molecule has 2 rings (SSSR count). The third-order valence-corrected chi connectivity index (χ3v) is 5.56. The molecule has 1 fully saturated rings. The standard InChI is InChI=1S/C23H37N3O2.ClH/c1-16(2)20(22(28)26-13-7-8-17(15-26)14-24-6)25-21(27)18-9-11-19(12-10-18)23(3,4)5;/h9-12,16-17,20,24H,7-8,13-15H2,1-6H3,(H,25,27);1H. The van der Waals surface area contributed by atoms with Crippen LogP contribution >= 0.6 is 12.4 Å². The van der Waals surface area contributed by atoms with Gasteiger partial charge in [-0.05, 0) is 61.4 Å². The fourth-order valence-corrected chi connectivity index (χ4v) is 3.78. The Morgan fingerprint density at radius 3 is 2.31 bits per heavy atom.